The molecule has 27 heteroatoms. The number of amides is 9. The molecule has 16 atom stereocenters. The summed E-state index contributed by atoms with van der Waals surface area (Å²) in [7, 11) is 0. The third-order valence-electron chi connectivity index (χ3n) is 14.7. The molecule has 444 valence electrons. The summed E-state index contributed by atoms with van der Waals surface area (Å²) in [6, 6.07) is -9.16. The fraction of sp³-hybridized carbons (Fsp3) is 0.712. The van der Waals surface area contributed by atoms with Crippen LogP contribution in [0.25, 0.3) is 0 Å². The molecule has 0 radical (unpaired) electrons. The second kappa shape index (κ2) is 30.5. The molecule has 0 aromatic heterocycles. The van der Waals surface area contributed by atoms with Crippen LogP contribution in [0.15, 0.2) is 18.2 Å². The smallest absolute Gasteiger partial charge is 0.248 e. The van der Waals surface area contributed by atoms with E-state index in [1.165, 1.54) is 6.42 Å². The summed E-state index contributed by atoms with van der Waals surface area (Å²) in [5.74, 6) is -9.78. The fourth-order valence-corrected chi connectivity index (χ4v) is 10.1. The number of phenolic OH excluding ortho intramolecular Hbond substituents is 1. The maximum Gasteiger partial charge on any atom is 0.248 e. The summed E-state index contributed by atoms with van der Waals surface area (Å²) in [4.78, 5) is 125. The molecule has 79 heavy (non-hydrogen) atoms. The number of benzene rings is 1. The lowest BCUT2D eigenvalue weighted by atomic mass is 9.91. The van der Waals surface area contributed by atoms with Crippen molar-refractivity contribution in [3.63, 3.8) is 0 Å². The summed E-state index contributed by atoms with van der Waals surface area (Å²) in [5.41, 5.74) is 4.79. The van der Waals surface area contributed by atoms with Crippen molar-refractivity contribution in [3.8, 4) is 5.75 Å². The number of hydrogen-bond donors (Lipinski definition) is 16. The second-order valence-electron chi connectivity index (χ2n) is 21.4. The number of anilines is 1. The predicted molar refractivity (Wildman–Crippen MR) is 280 cm³/mol. The zero-order valence-electron chi connectivity index (χ0n) is 45.5. The molecule has 0 aliphatic carbocycles. The van der Waals surface area contributed by atoms with Crippen molar-refractivity contribution in [2.24, 2.45) is 17.6 Å². The summed E-state index contributed by atoms with van der Waals surface area (Å²) in [5, 5.41) is 114. The Morgan fingerprint density at radius 3 is 2.00 bits per heavy atom. The first-order valence-corrected chi connectivity index (χ1v) is 27.1. The average Bonchev–Trinajstić information content (AvgIpc) is 4.00. The zero-order valence-corrected chi connectivity index (χ0v) is 45.5. The van der Waals surface area contributed by atoms with Gasteiger partial charge in [0.25, 0.3) is 0 Å². The first kappa shape index (κ1) is 65.4. The number of fused-ring (bicyclic) bond motifs is 2. The SMILES string of the molecule is CCC(C)CC(C)CCCCCCCCC(=O)NC1C[C@@H](O)[C@@H](O)NC(=O)[C@@H]2[C@@H](O)CCN2C(=O)[C@H]([C@@H](O)CC(N)=O)NC(=O)[C@H]([C@H](O)[C@@H](O)c2ccc(O)c(NC(C)=O)c2)NC(=O)[C@@H]2C[C@@H](O)CN2C(=O)[C@H]([C@H](C)O)NC1=O. The van der Waals surface area contributed by atoms with Gasteiger partial charge in [-0.3, -0.25) is 43.2 Å². The molecule has 17 N–H and O–H groups in total. The van der Waals surface area contributed by atoms with E-state index >= 15 is 0 Å². The lowest BCUT2D eigenvalue weighted by Gasteiger charge is -2.34. The molecule has 0 saturated carbocycles. The van der Waals surface area contributed by atoms with Gasteiger partial charge in [-0.05, 0) is 55.7 Å². The standard InChI is InChI=1S/C52H83N9O18/c1-6-25(2)19-26(3)13-11-9-7-8-10-12-14-39(70)55-32-22-37(68)48(75)59-50(77)43-35(66)17-18-60(43)52(79)41(36(67)23-38(53)69)57-49(76)42(45(72)44(71)29-15-16-34(65)31(20-29)54-28(5)63)58-47(74)33-21-30(64)24-61(33)51(78)40(27(4)62)56-46(32)73/h15-16,20,25-27,30,32-33,35-37,40-45,48,62,64-68,71-72,75H,6-14,17-19,21-24H2,1-5H3,(H2,53,69)(H,54,63)(H,55,70)(H,56,73)(H,57,76)(H,58,74)(H,59,77)/t25?,26?,27-,30+,32?,33-,35-,36-,37+,40-,41-,42-,43-,44-,45-,48+/m0/s1. The minimum Gasteiger partial charge on any atom is -0.506 e. The van der Waals surface area contributed by atoms with Crippen LogP contribution in [0.4, 0.5) is 5.69 Å². The van der Waals surface area contributed by atoms with Crippen LogP contribution in [0, 0.1) is 11.8 Å². The van der Waals surface area contributed by atoms with Gasteiger partial charge in [-0.25, -0.2) is 0 Å². The van der Waals surface area contributed by atoms with Gasteiger partial charge in [-0.15, -0.1) is 0 Å². The van der Waals surface area contributed by atoms with Crippen LogP contribution in [-0.2, 0) is 43.2 Å². The molecular formula is C52H83N9O18. The van der Waals surface area contributed by atoms with Crippen LogP contribution in [0.1, 0.15) is 136 Å². The highest BCUT2D eigenvalue weighted by molar-refractivity contribution is 5.98. The zero-order chi connectivity index (χ0) is 59.0. The van der Waals surface area contributed by atoms with Gasteiger partial charge in [0.1, 0.15) is 60.3 Å². The highest BCUT2D eigenvalue weighted by atomic mass is 16.3. The molecule has 3 saturated heterocycles. The molecule has 4 rings (SSSR count). The molecule has 1 aromatic carbocycles. The quantitative estimate of drug-likeness (QED) is 0.0422. The number of nitrogens with two attached hydrogens (primary N) is 1. The Morgan fingerprint density at radius 1 is 0.747 bits per heavy atom. The molecular weight excluding hydrogens is 1040 g/mol. The first-order chi connectivity index (χ1) is 37.1. The molecule has 27 nitrogen and oxygen atoms in total. The van der Waals surface area contributed by atoms with Gasteiger partial charge < -0.3 is 93.4 Å². The normalized spacial score (nSPS) is 28.1. The Balaban J connectivity index is 1.73. The van der Waals surface area contributed by atoms with E-state index in [4.69, 9.17) is 5.73 Å². The van der Waals surface area contributed by atoms with Crippen molar-refractivity contribution in [2.75, 3.05) is 18.4 Å². The van der Waals surface area contributed by atoms with Gasteiger partial charge in [0.15, 0.2) is 6.23 Å². The van der Waals surface area contributed by atoms with Gasteiger partial charge in [-0.2, -0.15) is 0 Å². The Bertz CT molecular complexity index is 2290. The van der Waals surface area contributed by atoms with Crippen LogP contribution in [0.5, 0.6) is 5.75 Å². The van der Waals surface area contributed by atoms with Crippen molar-refractivity contribution in [2.45, 2.75) is 210 Å². The van der Waals surface area contributed by atoms with Crippen molar-refractivity contribution < 1.29 is 89.1 Å². The van der Waals surface area contributed by atoms with E-state index < -0.39 is 176 Å². The van der Waals surface area contributed by atoms with Crippen molar-refractivity contribution >= 4 is 58.9 Å². The van der Waals surface area contributed by atoms with E-state index in [2.05, 4.69) is 47.4 Å². The molecule has 1 aromatic rings. The van der Waals surface area contributed by atoms with Crippen LogP contribution in [0.3, 0.4) is 0 Å². The number of rotatable bonds is 21. The highest BCUT2D eigenvalue weighted by Gasteiger charge is 2.49. The highest BCUT2D eigenvalue weighted by Crippen LogP contribution is 2.30. The third kappa shape index (κ3) is 18.8. The summed E-state index contributed by atoms with van der Waals surface area (Å²) < 4.78 is 0. The Hall–Kier alpha value is -6.07. The minimum absolute atomic E-state index is 0.0952. The maximum atomic E-state index is 14.5. The number of unbranched alkanes of at least 4 members (excludes halogenated alkanes) is 5. The number of carbonyl (C=O) groups is 9. The second-order valence-corrected chi connectivity index (χ2v) is 21.4. The molecule has 0 bridgehead atoms. The number of carbonyl (C=O) groups excluding carboxylic acids is 9. The fourth-order valence-electron chi connectivity index (χ4n) is 10.1. The number of nitrogens with one attached hydrogen (secondary N) is 6. The van der Waals surface area contributed by atoms with Crippen LogP contribution < -0.4 is 37.6 Å². The summed E-state index contributed by atoms with van der Waals surface area (Å²) in [6.07, 6.45) is -10.9. The predicted octanol–water partition coefficient (Wildman–Crippen LogP) is -3.38. The van der Waals surface area contributed by atoms with Gasteiger partial charge >= 0.3 is 0 Å². The minimum atomic E-state index is -2.49. The van der Waals surface area contributed by atoms with Gasteiger partial charge in [0.2, 0.25) is 53.2 Å². The number of primary amides is 1. The maximum absolute atomic E-state index is 14.5. The number of aliphatic hydroxyl groups is 8. The topological polar surface area (TPSA) is 440 Å². The largest absolute Gasteiger partial charge is 0.506 e. The van der Waals surface area contributed by atoms with Crippen molar-refractivity contribution in [1.82, 2.24) is 36.4 Å². The molecule has 3 aliphatic rings. The lowest BCUT2D eigenvalue weighted by molar-refractivity contribution is -0.149. The number of phenols is 1. The molecule has 3 heterocycles. The van der Waals surface area contributed by atoms with Crippen molar-refractivity contribution in [3.05, 3.63) is 23.8 Å². The van der Waals surface area contributed by atoms with E-state index in [1.54, 1.807) is 0 Å². The van der Waals surface area contributed by atoms with E-state index in [-0.39, 0.29) is 24.1 Å². The third-order valence-corrected chi connectivity index (χ3v) is 14.7. The van der Waals surface area contributed by atoms with Gasteiger partial charge in [-0.1, -0.05) is 71.8 Å². The summed E-state index contributed by atoms with van der Waals surface area (Å²) in [6.45, 7) is 7.76. The Labute approximate surface area is 458 Å². The summed E-state index contributed by atoms with van der Waals surface area (Å²) >= 11 is 0. The van der Waals surface area contributed by atoms with E-state index in [0.29, 0.717) is 29.6 Å². The molecule has 3 unspecified atom stereocenters. The van der Waals surface area contributed by atoms with Crippen LogP contribution in [-0.4, -0.2) is 201 Å². The Morgan fingerprint density at radius 2 is 1.37 bits per heavy atom. The molecule has 0 spiro atoms. The lowest BCUT2D eigenvalue weighted by Crippen LogP contribution is -2.64. The van der Waals surface area contributed by atoms with E-state index in [1.807, 2.05) is 5.32 Å². The molecule has 3 aliphatic heterocycles. The van der Waals surface area contributed by atoms with Gasteiger partial charge in [0.05, 0.1) is 36.5 Å². The number of aliphatic hydroxyl groups excluding tert-OH is 8. The van der Waals surface area contributed by atoms with Gasteiger partial charge in [0, 0.05) is 39.3 Å². The number of hydrogen-bond acceptors (Lipinski definition) is 18. The Kier molecular flexibility index (Phi) is 25.3. The molecule has 3 fully saturated rings. The van der Waals surface area contributed by atoms with E-state index in [9.17, 15) is 89.1 Å². The number of nitrogens with zero attached hydrogens (tertiary/aromatic N) is 2. The van der Waals surface area contributed by atoms with Crippen LogP contribution >= 0.6 is 0 Å². The van der Waals surface area contributed by atoms with Crippen molar-refractivity contribution in [1.29, 1.82) is 0 Å². The monoisotopic (exact) mass is 1120 g/mol. The first-order valence-electron chi connectivity index (χ1n) is 27.1. The van der Waals surface area contributed by atoms with Crippen LogP contribution in [0.2, 0.25) is 0 Å². The van der Waals surface area contributed by atoms with E-state index in [0.717, 1.165) is 75.5 Å². The molecule has 9 amide bonds. The average molecular weight is 1120 g/mol. The number of aromatic hydroxyl groups is 1.